The lowest BCUT2D eigenvalue weighted by Crippen LogP contribution is -2.43. The average Bonchev–Trinajstić information content (AvgIpc) is 2.46. The molecule has 2 N–H and O–H groups in total. The van der Waals surface area contributed by atoms with Crippen molar-refractivity contribution in [1.82, 2.24) is 5.32 Å². The molecule has 2 fully saturated rings. The van der Waals surface area contributed by atoms with Crippen LogP contribution >= 0.6 is 0 Å². The van der Waals surface area contributed by atoms with E-state index in [4.69, 9.17) is 4.74 Å². The zero-order valence-electron chi connectivity index (χ0n) is 12.9. The van der Waals surface area contributed by atoms with E-state index in [9.17, 15) is 5.11 Å². The fraction of sp³-hybridized carbons (Fsp3) is 0.667. The van der Waals surface area contributed by atoms with Crippen molar-refractivity contribution in [3.8, 4) is 5.75 Å². The highest BCUT2D eigenvalue weighted by molar-refractivity contribution is 5.37. The second-order valence-corrected chi connectivity index (χ2v) is 6.70. The third-order valence-corrected chi connectivity index (χ3v) is 5.17. The Morgan fingerprint density at radius 1 is 1.19 bits per heavy atom. The van der Waals surface area contributed by atoms with Gasteiger partial charge in [0.25, 0.3) is 0 Å². The van der Waals surface area contributed by atoms with E-state index in [1.54, 1.807) is 7.11 Å². The van der Waals surface area contributed by atoms with Crippen LogP contribution in [0.25, 0.3) is 0 Å². The van der Waals surface area contributed by atoms with Gasteiger partial charge in [-0.05, 0) is 62.1 Å². The number of rotatable bonds is 5. The van der Waals surface area contributed by atoms with E-state index in [-0.39, 0.29) is 6.10 Å². The summed E-state index contributed by atoms with van der Waals surface area (Å²) in [4.78, 5) is 0. The van der Waals surface area contributed by atoms with Crippen molar-refractivity contribution in [3.05, 3.63) is 29.8 Å². The monoisotopic (exact) mass is 289 g/mol. The Hall–Kier alpha value is -1.06. The van der Waals surface area contributed by atoms with Crippen LogP contribution in [0.15, 0.2) is 24.3 Å². The maximum absolute atomic E-state index is 9.72. The number of nitrogens with one attached hydrogen (secondary N) is 1. The normalized spacial score (nSPS) is 32.5. The highest BCUT2D eigenvalue weighted by atomic mass is 16.5. The van der Waals surface area contributed by atoms with Gasteiger partial charge in [0.15, 0.2) is 0 Å². The third kappa shape index (κ3) is 3.58. The highest BCUT2D eigenvalue weighted by Gasteiger charge is 2.32. The zero-order chi connectivity index (χ0) is 14.7. The molecule has 2 saturated carbocycles. The first-order valence-corrected chi connectivity index (χ1v) is 8.30. The predicted molar refractivity (Wildman–Crippen MR) is 84.7 cm³/mol. The van der Waals surface area contributed by atoms with E-state index in [1.807, 2.05) is 6.07 Å². The number of para-hydroxylation sites is 1. The van der Waals surface area contributed by atoms with Gasteiger partial charge in [-0.25, -0.2) is 0 Å². The number of aliphatic hydroxyl groups excluding tert-OH is 1. The molecule has 2 atom stereocenters. The Balaban J connectivity index is 1.43. The van der Waals surface area contributed by atoms with E-state index in [0.717, 1.165) is 25.1 Å². The topological polar surface area (TPSA) is 41.5 Å². The lowest BCUT2D eigenvalue weighted by Gasteiger charge is -2.38. The summed E-state index contributed by atoms with van der Waals surface area (Å²) in [5.74, 6) is 2.33. The molecule has 0 aliphatic heterocycles. The lowest BCUT2D eigenvalue weighted by atomic mass is 9.75. The van der Waals surface area contributed by atoms with Gasteiger partial charge in [-0.1, -0.05) is 24.6 Å². The summed E-state index contributed by atoms with van der Waals surface area (Å²) >= 11 is 0. The van der Waals surface area contributed by atoms with Gasteiger partial charge in [0.1, 0.15) is 5.75 Å². The summed E-state index contributed by atoms with van der Waals surface area (Å²) in [6.07, 6.45) is 6.78. The van der Waals surface area contributed by atoms with Crippen LogP contribution in [0.1, 0.15) is 50.0 Å². The Labute approximate surface area is 127 Å². The fourth-order valence-electron chi connectivity index (χ4n) is 3.82. The largest absolute Gasteiger partial charge is 0.496 e. The molecule has 3 heteroatoms. The van der Waals surface area contributed by atoms with Crippen molar-refractivity contribution in [2.45, 2.75) is 56.6 Å². The molecule has 2 unspecified atom stereocenters. The first-order chi connectivity index (χ1) is 10.3. The standard InChI is InChI=1S/C18H27NO2/c1-21-18-8-3-2-7-17(18)14-10-15(11-14)19-12-13-5-4-6-16(20)9-13/h2-3,7-8,13-16,19-20H,4-6,9-12H2,1H3. The molecule has 3 rings (SSSR count). The minimum Gasteiger partial charge on any atom is -0.496 e. The van der Waals surface area contributed by atoms with Gasteiger partial charge in [-0.2, -0.15) is 0 Å². The van der Waals surface area contributed by atoms with Gasteiger partial charge >= 0.3 is 0 Å². The van der Waals surface area contributed by atoms with Crippen LogP contribution in [-0.4, -0.2) is 30.9 Å². The van der Waals surface area contributed by atoms with Crippen LogP contribution in [0.4, 0.5) is 0 Å². The molecule has 3 nitrogen and oxygen atoms in total. The predicted octanol–water partition coefficient (Wildman–Crippen LogP) is 3.08. The minimum absolute atomic E-state index is 0.0618. The van der Waals surface area contributed by atoms with Crippen LogP contribution in [0.5, 0.6) is 5.75 Å². The number of methoxy groups -OCH3 is 1. The second kappa shape index (κ2) is 6.80. The molecule has 2 aliphatic carbocycles. The molecule has 0 spiro atoms. The van der Waals surface area contributed by atoms with E-state index >= 15 is 0 Å². The summed E-state index contributed by atoms with van der Waals surface area (Å²) in [5.41, 5.74) is 1.35. The first kappa shape index (κ1) is 14.9. The first-order valence-electron chi connectivity index (χ1n) is 8.30. The van der Waals surface area contributed by atoms with E-state index in [2.05, 4.69) is 23.5 Å². The van der Waals surface area contributed by atoms with Crippen molar-refractivity contribution < 1.29 is 9.84 Å². The summed E-state index contributed by atoms with van der Waals surface area (Å²) in [6, 6.07) is 9.02. The molecule has 0 saturated heterocycles. The molecule has 1 aromatic rings. The minimum atomic E-state index is -0.0618. The van der Waals surface area contributed by atoms with Gasteiger partial charge in [0.05, 0.1) is 13.2 Å². The van der Waals surface area contributed by atoms with Gasteiger partial charge in [0.2, 0.25) is 0 Å². The van der Waals surface area contributed by atoms with Crippen LogP contribution in [0.3, 0.4) is 0 Å². The molecule has 0 heterocycles. The number of benzene rings is 1. The van der Waals surface area contributed by atoms with Crippen molar-refractivity contribution in [3.63, 3.8) is 0 Å². The summed E-state index contributed by atoms with van der Waals surface area (Å²) in [7, 11) is 1.75. The van der Waals surface area contributed by atoms with Crippen LogP contribution in [0, 0.1) is 5.92 Å². The molecule has 21 heavy (non-hydrogen) atoms. The SMILES string of the molecule is COc1ccccc1C1CC(NCC2CCCC(O)C2)C1. The summed E-state index contributed by atoms with van der Waals surface area (Å²) in [6.45, 7) is 1.07. The highest BCUT2D eigenvalue weighted by Crippen LogP contribution is 2.41. The molecule has 116 valence electrons. The second-order valence-electron chi connectivity index (χ2n) is 6.70. The molecule has 0 amide bonds. The summed E-state index contributed by atoms with van der Waals surface area (Å²) < 4.78 is 5.46. The molecule has 0 aromatic heterocycles. The van der Waals surface area contributed by atoms with Gasteiger partial charge in [-0.15, -0.1) is 0 Å². The van der Waals surface area contributed by atoms with Crippen molar-refractivity contribution in [1.29, 1.82) is 0 Å². The van der Waals surface area contributed by atoms with Crippen LogP contribution in [0.2, 0.25) is 0 Å². The number of hydrogen-bond acceptors (Lipinski definition) is 3. The number of hydrogen-bond donors (Lipinski definition) is 2. The van der Waals surface area contributed by atoms with Crippen molar-refractivity contribution in [2.24, 2.45) is 5.92 Å². The van der Waals surface area contributed by atoms with Gasteiger partial charge in [0, 0.05) is 6.04 Å². The average molecular weight is 289 g/mol. The molecule has 0 bridgehead atoms. The van der Waals surface area contributed by atoms with E-state index in [1.165, 1.54) is 31.2 Å². The maximum atomic E-state index is 9.72. The molecular formula is C18H27NO2. The zero-order valence-corrected chi connectivity index (χ0v) is 12.9. The van der Waals surface area contributed by atoms with E-state index < -0.39 is 0 Å². The molecule has 1 aromatic carbocycles. The Kier molecular flexibility index (Phi) is 4.81. The number of aliphatic hydroxyl groups is 1. The quantitative estimate of drug-likeness (QED) is 0.875. The van der Waals surface area contributed by atoms with Gasteiger partial charge < -0.3 is 15.2 Å². The fourth-order valence-corrected chi connectivity index (χ4v) is 3.82. The van der Waals surface area contributed by atoms with Gasteiger partial charge in [-0.3, -0.25) is 0 Å². The number of ether oxygens (including phenoxy) is 1. The third-order valence-electron chi connectivity index (χ3n) is 5.17. The summed E-state index contributed by atoms with van der Waals surface area (Å²) in [5, 5.41) is 13.4. The molecular weight excluding hydrogens is 262 g/mol. The van der Waals surface area contributed by atoms with E-state index in [0.29, 0.717) is 17.9 Å². The van der Waals surface area contributed by atoms with Crippen LogP contribution in [-0.2, 0) is 0 Å². The maximum Gasteiger partial charge on any atom is 0.122 e. The smallest absolute Gasteiger partial charge is 0.122 e. The van der Waals surface area contributed by atoms with Crippen molar-refractivity contribution >= 4 is 0 Å². The molecule has 2 aliphatic rings. The Morgan fingerprint density at radius 2 is 2.00 bits per heavy atom. The Bertz CT molecular complexity index is 456. The van der Waals surface area contributed by atoms with Crippen LogP contribution < -0.4 is 10.1 Å². The van der Waals surface area contributed by atoms with Crippen molar-refractivity contribution in [2.75, 3.05) is 13.7 Å². The lowest BCUT2D eigenvalue weighted by molar-refractivity contribution is 0.0975. The Morgan fingerprint density at radius 3 is 2.76 bits per heavy atom. The molecule has 0 radical (unpaired) electrons.